The van der Waals surface area contributed by atoms with E-state index in [2.05, 4.69) is 27.1 Å². The third-order valence-corrected chi connectivity index (χ3v) is 6.19. The number of thiophene rings is 1. The van der Waals surface area contributed by atoms with Crippen LogP contribution in [0.4, 0.5) is 5.82 Å². The number of hydrogen-bond donors (Lipinski definition) is 3. The third-order valence-electron chi connectivity index (χ3n) is 5.25. The van der Waals surface area contributed by atoms with Crippen LogP contribution in [0.1, 0.15) is 49.0 Å². The number of carbonyl (C=O) groups excluding carboxylic acids is 2. The van der Waals surface area contributed by atoms with Crippen LogP contribution in [0.5, 0.6) is 0 Å². The van der Waals surface area contributed by atoms with Crippen molar-refractivity contribution in [3.8, 4) is 0 Å². The molecular weight excluding hydrogens is 372 g/mol. The molecule has 150 valence electrons. The molecule has 7 heteroatoms. The summed E-state index contributed by atoms with van der Waals surface area (Å²) in [5, 5.41) is 8.16. The molecule has 0 saturated heterocycles. The maximum absolute atomic E-state index is 12.4. The van der Waals surface area contributed by atoms with Crippen molar-refractivity contribution in [2.24, 2.45) is 5.92 Å². The second-order valence-corrected chi connectivity index (χ2v) is 8.35. The lowest BCUT2D eigenvalue weighted by Crippen LogP contribution is -2.40. The van der Waals surface area contributed by atoms with Gasteiger partial charge in [0.1, 0.15) is 5.82 Å². The predicted molar refractivity (Wildman–Crippen MR) is 112 cm³/mol. The number of nitrogens with two attached hydrogens (primary N) is 1. The molecule has 0 bridgehead atoms. The van der Waals surface area contributed by atoms with E-state index in [1.807, 2.05) is 18.2 Å². The van der Waals surface area contributed by atoms with E-state index in [0.717, 1.165) is 44.1 Å². The van der Waals surface area contributed by atoms with Crippen molar-refractivity contribution in [3.63, 3.8) is 0 Å². The first-order valence-electron chi connectivity index (χ1n) is 9.90. The van der Waals surface area contributed by atoms with Gasteiger partial charge >= 0.3 is 0 Å². The van der Waals surface area contributed by atoms with Crippen LogP contribution in [0, 0.1) is 5.92 Å². The van der Waals surface area contributed by atoms with Crippen LogP contribution >= 0.6 is 11.3 Å². The van der Waals surface area contributed by atoms with E-state index in [1.54, 1.807) is 17.5 Å². The number of hydrogen-bond acceptors (Lipinski definition) is 5. The molecule has 1 fully saturated rings. The Morgan fingerprint density at radius 2 is 2.00 bits per heavy atom. The molecule has 2 aromatic heterocycles. The quantitative estimate of drug-likeness (QED) is 0.634. The average Bonchev–Trinajstić information content (AvgIpc) is 3.21. The van der Waals surface area contributed by atoms with Gasteiger partial charge in [-0.15, -0.1) is 11.3 Å². The number of amides is 2. The fourth-order valence-corrected chi connectivity index (χ4v) is 4.36. The van der Waals surface area contributed by atoms with Gasteiger partial charge in [-0.05, 0) is 56.0 Å². The SMILES string of the molecule is Nc1ncccc1CNC(=O)C1CCC(NC(=O)CCCc2cccs2)CC1. The highest BCUT2D eigenvalue weighted by Crippen LogP contribution is 2.25. The van der Waals surface area contributed by atoms with Crippen molar-refractivity contribution in [2.75, 3.05) is 5.73 Å². The van der Waals surface area contributed by atoms with Gasteiger partial charge in [0.25, 0.3) is 0 Å². The van der Waals surface area contributed by atoms with Crippen LogP contribution in [0.2, 0.25) is 0 Å². The van der Waals surface area contributed by atoms with E-state index in [1.165, 1.54) is 4.88 Å². The van der Waals surface area contributed by atoms with Crippen molar-refractivity contribution >= 4 is 29.0 Å². The smallest absolute Gasteiger partial charge is 0.223 e. The number of carbonyl (C=O) groups is 2. The van der Waals surface area contributed by atoms with Gasteiger partial charge in [-0.1, -0.05) is 12.1 Å². The van der Waals surface area contributed by atoms with Gasteiger partial charge in [-0.3, -0.25) is 9.59 Å². The van der Waals surface area contributed by atoms with Crippen LogP contribution < -0.4 is 16.4 Å². The van der Waals surface area contributed by atoms with E-state index in [9.17, 15) is 9.59 Å². The first kappa shape index (κ1) is 20.3. The predicted octanol–water partition coefficient (Wildman–Crippen LogP) is 3.04. The van der Waals surface area contributed by atoms with Crippen molar-refractivity contribution in [2.45, 2.75) is 57.5 Å². The Kier molecular flexibility index (Phi) is 7.42. The molecule has 2 heterocycles. The summed E-state index contributed by atoms with van der Waals surface area (Å²) in [6, 6.07) is 8.02. The molecule has 0 aliphatic heterocycles. The Bertz CT molecular complexity index is 770. The van der Waals surface area contributed by atoms with Crippen LogP contribution in [-0.4, -0.2) is 22.8 Å². The Labute approximate surface area is 169 Å². The number of nitrogen functional groups attached to an aromatic ring is 1. The van der Waals surface area contributed by atoms with Crippen molar-refractivity contribution in [1.82, 2.24) is 15.6 Å². The van der Waals surface area contributed by atoms with Gasteiger partial charge in [-0.25, -0.2) is 4.98 Å². The maximum Gasteiger partial charge on any atom is 0.223 e. The summed E-state index contributed by atoms with van der Waals surface area (Å²) < 4.78 is 0. The summed E-state index contributed by atoms with van der Waals surface area (Å²) in [6.07, 6.45) is 7.33. The molecule has 0 atom stereocenters. The summed E-state index contributed by atoms with van der Waals surface area (Å²) in [4.78, 5) is 29.9. The molecule has 1 aliphatic carbocycles. The molecule has 3 rings (SSSR count). The molecule has 1 saturated carbocycles. The van der Waals surface area contributed by atoms with Crippen molar-refractivity contribution < 1.29 is 9.59 Å². The first-order valence-corrected chi connectivity index (χ1v) is 10.8. The molecule has 4 N–H and O–H groups in total. The maximum atomic E-state index is 12.4. The standard InChI is InChI=1S/C21H28N4O2S/c22-20-16(4-2-12-23-20)14-24-21(27)15-8-10-17(11-9-15)25-19(26)7-1-5-18-6-3-13-28-18/h2-4,6,12-13,15,17H,1,5,7-11,14H2,(H2,22,23)(H,24,27)(H,25,26). The van der Waals surface area contributed by atoms with E-state index in [4.69, 9.17) is 5.73 Å². The van der Waals surface area contributed by atoms with Crippen LogP contribution in [0.3, 0.4) is 0 Å². The largest absolute Gasteiger partial charge is 0.383 e. The van der Waals surface area contributed by atoms with Gasteiger partial charge in [0.05, 0.1) is 0 Å². The number of aromatic nitrogens is 1. The Balaban J connectivity index is 1.32. The fourth-order valence-electron chi connectivity index (χ4n) is 3.60. The zero-order valence-electron chi connectivity index (χ0n) is 16.0. The fraction of sp³-hybridized carbons (Fsp3) is 0.476. The molecule has 0 aromatic carbocycles. The van der Waals surface area contributed by atoms with Crippen LogP contribution in [-0.2, 0) is 22.6 Å². The minimum Gasteiger partial charge on any atom is -0.383 e. The van der Waals surface area contributed by atoms with Gasteiger partial charge in [0.2, 0.25) is 11.8 Å². The van der Waals surface area contributed by atoms with Crippen LogP contribution in [0.15, 0.2) is 35.8 Å². The number of aryl methyl sites for hydroxylation is 1. The molecule has 0 spiro atoms. The molecule has 0 unspecified atom stereocenters. The lowest BCUT2D eigenvalue weighted by atomic mass is 9.85. The Hall–Kier alpha value is -2.41. The molecule has 2 amide bonds. The molecular formula is C21H28N4O2S. The zero-order chi connectivity index (χ0) is 19.8. The normalized spacial score (nSPS) is 19.1. The summed E-state index contributed by atoms with van der Waals surface area (Å²) in [5.41, 5.74) is 6.64. The lowest BCUT2D eigenvalue weighted by Gasteiger charge is -2.28. The molecule has 28 heavy (non-hydrogen) atoms. The third kappa shape index (κ3) is 6.05. The van der Waals surface area contributed by atoms with E-state index >= 15 is 0 Å². The van der Waals surface area contributed by atoms with Gasteiger partial charge in [0, 0.05) is 41.6 Å². The minimum atomic E-state index is 0.00452. The minimum absolute atomic E-state index is 0.00452. The zero-order valence-corrected chi connectivity index (χ0v) is 16.8. The molecule has 2 aromatic rings. The summed E-state index contributed by atoms with van der Waals surface area (Å²) >= 11 is 1.74. The van der Waals surface area contributed by atoms with Crippen molar-refractivity contribution in [3.05, 3.63) is 46.3 Å². The second-order valence-electron chi connectivity index (χ2n) is 7.31. The van der Waals surface area contributed by atoms with E-state index < -0.39 is 0 Å². The highest BCUT2D eigenvalue weighted by Gasteiger charge is 2.26. The second kappa shape index (κ2) is 10.2. The number of pyridine rings is 1. The topological polar surface area (TPSA) is 97.1 Å². The van der Waals surface area contributed by atoms with Gasteiger partial charge < -0.3 is 16.4 Å². The molecule has 1 aliphatic rings. The highest BCUT2D eigenvalue weighted by atomic mass is 32.1. The van der Waals surface area contributed by atoms with Crippen LogP contribution in [0.25, 0.3) is 0 Å². The number of rotatable bonds is 8. The number of nitrogens with zero attached hydrogens (tertiary/aromatic N) is 1. The summed E-state index contributed by atoms with van der Waals surface area (Å²) in [7, 11) is 0. The Morgan fingerprint density at radius 1 is 1.18 bits per heavy atom. The summed E-state index contributed by atoms with van der Waals surface area (Å²) in [5.74, 6) is 0.638. The van der Waals surface area contributed by atoms with Crippen molar-refractivity contribution in [1.29, 1.82) is 0 Å². The monoisotopic (exact) mass is 400 g/mol. The highest BCUT2D eigenvalue weighted by molar-refractivity contribution is 7.09. The van der Waals surface area contributed by atoms with Gasteiger partial charge in [0.15, 0.2) is 0 Å². The first-order chi connectivity index (χ1) is 13.6. The summed E-state index contributed by atoms with van der Waals surface area (Å²) in [6.45, 7) is 0.402. The number of anilines is 1. The lowest BCUT2D eigenvalue weighted by molar-refractivity contribution is -0.126. The molecule has 0 radical (unpaired) electrons. The number of nitrogens with one attached hydrogen (secondary N) is 2. The average molecular weight is 401 g/mol. The van der Waals surface area contributed by atoms with E-state index in [-0.39, 0.29) is 23.8 Å². The van der Waals surface area contributed by atoms with Gasteiger partial charge in [-0.2, -0.15) is 0 Å². The van der Waals surface area contributed by atoms with E-state index in [0.29, 0.717) is 18.8 Å². The Morgan fingerprint density at radius 3 is 2.71 bits per heavy atom. The molecule has 6 nitrogen and oxygen atoms in total.